The number of aromatic nitrogens is 1. The summed E-state index contributed by atoms with van der Waals surface area (Å²) in [5.74, 6) is 1.01. The summed E-state index contributed by atoms with van der Waals surface area (Å²) in [6, 6.07) is 11.4. The fraction of sp³-hybridized carbons (Fsp3) is 0.238. The molecule has 1 aromatic heterocycles. The van der Waals surface area contributed by atoms with E-state index in [-0.39, 0.29) is 5.91 Å². The zero-order valence-electron chi connectivity index (χ0n) is 16.2. The van der Waals surface area contributed by atoms with Crippen LogP contribution in [-0.4, -0.2) is 32.2 Å². The average Bonchev–Trinajstić information content (AvgIpc) is 3.15. The molecule has 0 saturated carbocycles. The maximum Gasteiger partial charge on any atom is 0.261 e. The number of carbonyl (C=O) groups excluding carboxylic acids is 1. The molecule has 0 fully saturated rings. The number of methoxy groups -OCH3 is 3. The molecular weight excluding hydrogens is 376 g/mol. The highest BCUT2D eigenvalue weighted by atomic mass is 32.1. The number of ether oxygens (including phenoxy) is 3. The molecule has 1 amide bonds. The minimum absolute atomic E-state index is 0.324. The van der Waals surface area contributed by atoms with E-state index < -0.39 is 0 Å². The summed E-state index contributed by atoms with van der Waals surface area (Å²) in [5.41, 5.74) is 2.82. The van der Waals surface area contributed by atoms with Crippen LogP contribution >= 0.6 is 11.3 Å². The van der Waals surface area contributed by atoms with Gasteiger partial charge in [-0.15, -0.1) is 11.3 Å². The first-order valence-electron chi connectivity index (χ1n) is 8.66. The topological polar surface area (TPSA) is 69.7 Å². The molecule has 3 rings (SSSR count). The van der Waals surface area contributed by atoms with Gasteiger partial charge >= 0.3 is 0 Å². The first kappa shape index (κ1) is 19.7. The van der Waals surface area contributed by atoms with Crippen molar-refractivity contribution in [3.05, 3.63) is 64.2 Å². The van der Waals surface area contributed by atoms with Crippen molar-refractivity contribution in [2.45, 2.75) is 13.3 Å². The fourth-order valence-electron chi connectivity index (χ4n) is 2.81. The van der Waals surface area contributed by atoms with Crippen molar-refractivity contribution in [2.75, 3.05) is 26.6 Å². The molecule has 1 N–H and O–H groups in total. The molecule has 0 aliphatic carbocycles. The molecule has 0 aliphatic rings. The van der Waals surface area contributed by atoms with Gasteiger partial charge in [0, 0.05) is 29.6 Å². The fourth-order valence-corrected chi connectivity index (χ4v) is 3.64. The molecule has 6 nitrogen and oxygen atoms in total. The third-order valence-corrected chi connectivity index (χ3v) is 5.26. The Balaban J connectivity index is 1.78. The lowest BCUT2D eigenvalue weighted by atomic mass is 10.1. The maximum absolute atomic E-state index is 12.8. The Morgan fingerprint density at radius 1 is 1.04 bits per heavy atom. The first-order chi connectivity index (χ1) is 13.5. The number of rotatable bonds is 7. The van der Waals surface area contributed by atoms with E-state index in [1.807, 2.05) is 12.1 Å². The number of thiazole rings is 1. The number of hydrogen-bond acceptors (Lipinski definition) is 6. The normalized spacial score (nSPS) is 10.4. The highest BCUT2D eigenvalue weighted by Gasteiger charge is 2.19. The van der Waals surface area contributed by atoms with Gasteiger partial charge in [-0.3, -0.25) is 10.1 Å². The number of nitrogens with zero attached hydrogens (tertiary/aromatic N) is 1. The SMILES string of the molecule is COc1cc(OC)c(C(=O)Nc2ncc(Cc3ccccc3C)s2)cc1OC. The van der Waals surface area contributed by atoms with Crippen molar-refractivity contribution in [3.8, 4) is 17.2 Å². The molecule has 3 aromatic rings. The second-order valence-electron chi connectivity index (χ2n) is 6.10. The summed E-state index contributed by atoms with van der Waals surface area (Å²) in [5, 5.41) is 3.37. The van der Waals surface area contributed by atoms with Gasteiger partial charge in [0.15, 0.2) is 16.6 Å². The lowest BCUT2D eigenvalue weighted by Gasteiger charge is -2.13. The smallest absolute Gasteiger partial charge is 0.261 e. The molecule has 0 atom stereocenters. The Kier molecular flexibility index (Phi) is 6.16. The average molecular weight is 398 g/mol. The summed E-state index contributed by atoms with van der Waals surface area (Å²) >= 11 is 1.45. The molecule has 0 saturated heterocycles. The van der Waals surface area contributed by atoms with Crippen LogP contribution in [0, 0.1) is 6.92 Å². The van der Waals surface area contributed by atoms with Gasteiger partial charge in [0.1, 0.15) is 5.75 Å². The van der Waals surface area contributed by atoms with Gasteiger partial charge in [0.2, 0.25) is 0 Å². The minimum atomic E-state index is -0.324. The van der Waals surface area contributed by atoms with Gasteiger partial charge in [-0.1, -0.05) is 24.3 Å². The quantitative estimate of drug-likeness (QED) is 0.642. The minimum Gasteiger partial charge on any atom is -0.496 e. The molecule has 0 radical (unpaired) electrons. The van der Waals surface area contributed by atoms with Crippen LogP contribution in [-0.2, 0) is 6.42 Å². The van der Waals surface area contributed by atoms with Crippen LogP contribution in [0.3, 0.4) is 0 Å². The van der Waals surface area contributed by atoms with E-state index in [1.54, 1.807) is 18.3 Å². The van der Waals surface area contributed by atoms with Crippen LogP contribution < -0.4 is 19.5 Å². The van der Waals surface area contributed by atoms with Crippen LogP contribution in [0.2, 0.25) is 0 Å². The predicted molar refractivity (Wildman–Crippen MR) is 110 cm³/mol. The molecule has 146 valence electrons. The van der Waals surface area contributed by atoms with E-state index in [4.69, 9.17) is 14.2 Å². The van der Waals surface area contributed by atoms with Crippen LogP contribution in [0.25, 0.3) is 0 Å². The number of hydrogen-bond donors (Lipinski definition) is 1. The molecule has 0 bridgehead atoms. The predicted octanol–water partition coefficient (Wildman–Crippen LogP) is 4.32. The van der Waals surface area contributed by atoms with Gasteiger partial charge < -0.3 is 14.2 Å². The van der Waals surface area contributed by atoms with Crippen LogP contribution in [0.4, 0.5) is 5.13 Å². The summed E-state index contributed by atoms with van der Waals surface area (Å²) in [6.07, 6.45) is 2.57. The maximum atomic E-state index is 12.8. The monoisotopic (exact) mass is 398 g/mol. The summed E-state index contributed by atoms with van der Waals surface area (Å²) < 4.78 is 15.9. The number of nitrogens with one attached hydrogen (secondary N) is 1. The van der Waals surface area contributed by atoms with Crippen molar-refractivity contribution in [1.82, 2.24) is 4.98 Å². The van der Waals surface area contributed by atoms with E-state index in [0.717, 1.165) is 11.3 Å². The molecule has 0 spiro atoms. The van der Waals surface area contributed by atoms with Crippen molar-refractivity contribution in [2.24, 2.45) is 0 Å². The Morgan fingerprint density at radius 3 is 2.39 bits per heavy atom. The number of benzene rings is 2. The second kappa shape index (κ2) is 8.75. The van der Waals surface area contributed by atoms with Crippen molar-refractivity contribution in [1.29, 1.82) is 0 Å². The first-order valence-corrected chi connectivity index (χ1v) is 9.48. The number of anilines is 1. The van der Waals surface area contributed by atoms with Crippen LogP contribution in [0.1, 0.15) is 26.4 Å². The molecule has 0 unspecified atom stereocenters. The number of carbonyl (C=O) groups is 1. The van der Waals surface area contributed by atoms with Gasteiger partial charge in [-0.2, -0.15) is 0 Å². The van der Waals surface area contributed by atoms with Gasteiger partial charge in [-0.25, -0.2) is 4.98 Å². The van der Waals surface area contributed by atoms with Gasteiger partial charge in [0.25, 0.3) is 5.91 Å². The van der Waals surface area contributed by atoms with Gasteiger partial charge in [0.05, 0.1) is 26.9 Å². The molecule has 1 heterocycles. The second-order valence-corrected chi connectivity index (χ2v) is 7.21. The zero-order valence-corrected chi connectivity index (χ0v) is 17.1. The zero-order chi connectivity index (χ0) is 20.1. The lowest BCUT2D eigenvalue weighted by molar-refractivity contribution is 0.102. The molecule has 7 heteroatoms. The lowest BCUT2D eigenvalue weighted by Crippen LogP contribution is -2.13. The largest absolute Gasteiger partial charge is 0.496 e. The van der Waals surface area contributed by atoms with E-state index in [9.17, 15) is 4.79 Å². The summed E-state index contributed by atoms with van der Waals surface area (Å²) in [7, 11) is 4.55. The highest BCUT2D eigenvalue weighted by Crippen LogP contribution is 2.35. The van der Waals surface area contributed by atoms with E-state index in [1.165, 1.54) is 43.8 Å². The van der Waals surface area contributed by atoms with E-state index >= 15 is 0 Å². The molecule has 28 heavy (non-hydrogen) atoms. The van der Waals surface area contributed by atoms with Crippen molar-refractivity contribution < 1.29 is 19.0 Å². The Morgan fingerprint density at radius 2 is 1.71 bits per heavy atom. The van der Waals surface area contributed by atoms with Gasteiger partial charge in [-0.05, 0) is 18.1 Å². The molecule has 0 aliphatic heterocycles. The number of amides is 1. The Bertz CT molecular complexity index is 984. The number of aryl methyl sites for hydroxylation is 1. The highest BCUT2D eigenvalue weighted by molar-refractivity contribution is 7.15. The van der Waals surface area contributed by atoms with E-state index in [0.29, 0.717) is 27.9 Å². The van der Waals surface area contributed by atoms with Crippen LogP contribution in [0.15, 0.2) is 42.6 Å². The standard InChI is InChI=1S/C21H22N2O4S/c1-13-7-5-6-8-14(13)9-15-12-22-21(28-15)23-20(24)16-10-18(26-3)19(27-4)11-17(16)25-2/h5-8,10-12H,9H2,1-4H3,(H,22,23,24). The third kappa shape index (κ3) is 4.26. The van der Waals surface area contributed by atoms with Crippen molar-refractivity contribution in [3.63, 3.8) is 0 Å². The summed E-state index contributed by atoms with van der Waals surface area (Å²) in [6.45, 7) is 2.09. The Labute approximate surface area is 168 Å². The third-order valence-electron chi connectivity index (χ3n) is 4.35. The van der Waals surface area contributed by atoms with Crippen LogP contribution in [0.5, 0.6) is 17.2 Å². The molecule has 2 aromatic carbocycles. The summed E-state index contributed by atoms with van der Waals surface area (Å²) in [4.78, 5) is 18.2. The Hall–Kier alpha value is -3.06. The van der Waals surface area contributed by atoms with E-state index in [2.05, 4.69) is 29.4 Å². The van der Waals surface area contributed by atoms with Crippen molar-refractivity contribution >= 4 is 22.4 Å². The molecular formula is C21H22N2O4S.